The molecule has 0 spiro atoms. The molecular weight excluding hydrogens is 456 g/mol. The maximum Gasteiger partial charge on any atom is 0.317 e. The third kappa shape index (κ3) is 8.46. The zero-order valence-corrected chi connectivity index (χ0v) is 20.7. The predicted molar refractivity (Wildman–Crippen MR) is 139 cm³/mol. The zero-order valence-electron chi connectivity index (χ0n) is 20.7. The Labute approximate surface area is 213 Å². The number of hydrogen-bond acceptors (Lipinski definition) is 5. The summed E-state index contributed by atoms with van der Waals surface area (Å²) >= 11 is 0. The van der Waals surface area contributed by atoms with E-state index in [0.717, 1.165) is 42.4 Å². The molecule has 0 saturated heterocycles. The van der Waals surface area contributed by atoms with Crippen LogP contribution in [-0.4, -0.2) is 42.5 Å². The molecule has 0 radical (unpaired) electrons. The fourth-order valence-electron chi connectivity index (χ4n) is 4.83. The molecule has 0 unspecified atom stereocenters. The number of benzene rings is 2. The van der Waals surface area contributed by atoms with Crippen LogP contribution in [0.15, 0.2) is 54.6 Å². The number of hydrogen-bond donors (Lipinski definition) is 5. The van der Waals surface area contributed by atoms with E-state index in [2.05, 4.69) is 16.0 Å². The number of carbonyl (C=O) groups is 3. The van der Waals surface area contributed by atoms with Gasteiger partial charge >= 0.3 is 5.97 Å². The van der Waals surface area contributed by atoms with Gasteiger partial charge in [-0.2, -0.15) is 0 Å². The van der Waals surface area contributed by atoms with E-state index in [1.165, 1.54) is 6.42 Å². The second-order valence-corrected chi connectivity index (χ2v) is 9.48. The number of nitrogens with two attached hydrogens (primary N) is 1. The maximum atomic E-state index is 13.3. The predicted octanol–water partition coefficient (Wildman–Crippen LogP) is 2.53. The standard InChI is InChI=1S/C28H38N4O4/c29-15-20-11-13-21(14-12-20)16-31-28(36)25(23-9-5-2-6-10-23)18-32-27(35)24(17-30-19-26(33)34)22-7-3-1-4-8-22/h2,5-6,9-14,22,24-25,30H,1,3-4,7-8,15-19,29H2,(H,31,36)(H,32,35)(H,33,34)/t24-,25+/m1/s1. The summed E-state index contributed by atoms with van der Waals surface area (Å²) in [6.45, 7) is 1.14. The van der Waals surface area contributed by atoms with Gasteiger partial charge in [-0.15, -0.1) is 0 Å². The fraction of sp³-hybridized carbons (Fsp3) is 0.464. The lowest BCUT2D eigenvalue weighted by Gasteiger charge is -2.30. The van der Waals surface area contributed by atoms with Crippen LogP contribution in [0.25, 0.3) is 0 Å². The van der Waals surface area contributed by atoms with Crippen LogP contribution < -0.4 is 21.7 Å². The van der Waals surface area contributed by atoms with Crippen LogP contribution in [0.1, 0.15) is 54.7 Å². The molecule has 2 atom stereocenters. The minimum atomic E-state index is -0.948. The van der Waals surface area contributed by atoms with Crippen molar-refractivity contribution < 1.29 is 19.5 Å². The molecule has 194 valence electrons. The fourth-order valence-corrected chi connectivity index (χ4v) is 4.83. The van der Waals surface area contributed by atoms with Gasteiger partial charge in [0, 0.05) is 26.2 Å². The summed E-state index contributed by atoms with van der Waals surface area (Å²) in [6.07, 6.45) is 5.23. The van der Waals surface area contributed by atoms with Gasteiger partial charge in [-0.25, -0.2) is 0 Å². The number of rotatable bonds is 13. The maximum absolute atomic E-state index is 13.3. The van der Waals surface area contributed by atoms with Gasteiger partial charge in [0.05, 0.1) is 18.4 Å². The van der Waals surface area contributed by atoms with Crippen molar-refractivity contribution in [3.05, 3.63) is 71.3 Å². The van der Waals surface area contributed by atoms with Crippen LogP contribution >= 0.6 is 0 Å². The van der Waals surface area contributed by atoms with Crippen LogP contribution in [-0.2, 0) is 27.5 Å². The summed E-state index contributed by atoms with van der Waals surface area (Å²) in [4.78, 5) is 37.4. The van der Waals surface area contributed by atoms with E-state index in [1.807, 2.05) is 54.6 Å². The highest BCUT2D eigenvalue weighted by molar-refractivity contribution is 5.85. The second kappa shape index (κ2) is 14.4. The third-order valence-electron chi connectivity index (χ3n) is 6.92. The van der Waals surface area contributed by atoms with Crippen molar-refractivity contribution in [2.24, 2.45) is 17.6 Å². The first-order valence-electron chi connectivity index (χ1n) is 12.8. The highest BCUT2D eigenvalue weighted by atomic mass is 16.4. The molecule has 0 bridgehead atoms. The first kappa shape index (κ1) is 27.4. The largest absolute Gasteiger partial charge is 0.480 e. The Kier molecular flexibility index (Phi) is 10.9. The van der Waals surface area contributed by atoms with Crippen molar-refractivity contribution in [2.75, 3.05) is 19.6 Å². The van der Waals surface area contributed by atoms with Crippen LogP contribution in [0.2, 0.25) is 0 Å². The Balaban J connectivity index is 1.65. The van der Waals surface area contributed by atoms with E-state index < -0.39 is 11.9 Å². The van der Waals surface area contributed by atoms with Crippen molar-refractivity contribution >= 4 is 17.8 Å². The van der Waals surface area contributed by atoms with Gasteiger partial charge in [-0.3, -0.25) is 14.4 Å². The molecule has 1 saturated carbocycles. The number of amides is 2. The van der Waals surface area contributed by atoms with E-state index in [9.17, 15) is 14.4 Å². The molecule has 0 heterocycles. The summed E-state index contributed by atoms with van der Waals surface area (Å²) in [7, 11) is 0. The second-order valence-electron chi connectivity index (χ2n) is 9.48. The molecular formula is C28H38N4O4. The molecule has 1 fully saturated rings. The first-order chi connectivity index (χ1) is 17.5. The van der Waals surface area contributed by atoms with Gasteiger partial charge in [0.2, 0.25) is 11.8 Å². The number of carboxylic acids is 1. The van der Waals surface area contributed by atoms with E-state index in [0.29, 0.717) is 19.6 Å². The average molecular weight is 495 g/mol. The minimum Gasteiger partial charge on any atom is -0.480 e. The van der Waals surface area contributed by atoms with Gasteiger partial charge < -0.3 is 26.8 Å². The molecule has 0 aliphatic heterocycles. The van der Waals surface area contributed by atoms with Gasteiger partial charge in [-0.1, -0.05) is 73.9 Å². The summed E-state index contributed by atoms with van der Waals surface area (Å²) in [5.74, 6) is -1.91. The van der Waals surface area contributed by atoms with Gasteiger partial charge in [0.1, 0.15) is 0 Å². The lowest BCUT2D eigenvalue weighted by molar-refractivity contribution is -0.136. The molecule has 2 aromatic rings. The molecule has 2 amide bonds. The third-order valence-corrected chi connectivity index (χ3v) is 6.92. The smallest absolute Gasteiger partial charge is 0.317 e. The quantitative estimate of drug-likeness (QED) is 0.291. The van der Waals surface area contributed by atoms with E-state index in [4.69, 9.17) is 10.8 Å². The van der Waals surface area contributed by atoms with Crippen LogP contribution in [0, 0.1) is 11.8 Å². The summed E-state index contributed by atoms with van der Waals surface area (Å²) in [6, 6.07) is 17.2. The summed E-state index contributed by atoms with van der Waals surface area (Å²) in [5, 5.41) is 17.9. The lowest BCUT2D eigenvalue weighted by atomic mass is 9.79. The Hall–Kier alpha value is -3.23. The molecule has 36 heavy (non-hydrogen) atoms. The Morgan fingerprint density at radius 1 is 0.861 bits per heavy atom. The number of carbonyl (C=O) groups excluding carboxylic acids is 2. The molecule has 1 aliphatic rings. The highest BCUT2D eigenvalue weighted by Gasteiger charge is 2.30. The molecule has 8 nitrogen and oxygen atoms in total. The van der Waals surface area contributed by atoms with Crippen LogP contribution in [0.4, 0.5) is 0 Å². The molecule has 3 rings (SSSR count). The summed E-state index contributed by atoms with van der Waals surface area (Å²) < 4.78 is 0. The normalized spacial score (nSPS) is 15.6. The van der Waals surface area contributed by atoms with E-state index in [1.54, 1.807) is 0 Å². The number of nitrogens with one attached hydrogen (secondary N) is 3. The number of aliphatic carboxylic acids is 1. The minimum absolute atomic E-state index is 0.133. The van der Waals surface area contributed by atoms with E-state index in [-0.39, 0.29) is 36.7 Å². The molecule has 8 heteroatoms. The first-order valence-corrected chi connectivity index (χ1v) is 12.8. The monoisotopic (exact) mass is 494 g/mol. The molecule has 0 aromatic heterocycles. The zero-order chi connectivity index (χ0) is 25.8. The van der Waals surface area contributed by atoms with Crippen molar-refractivity contribution in [1.82, 2.24) is 16.0 Å². The molecule has 6 N–H and O–H groups in total. The highest BCUT2D eigenvalue weighted by Crippen LogP contribution is 2.30. The van der Waals surface area contributed by atoms with E-state index >= 15 is 0 Å². The van der Waals surface area contributed by atoms with Crippen molar-refractivity contribution in [1.29, 1.82) is 0 Å². The molecule has 1 aliphatic carbocycles. The Bertz CT molecular complexity index is 975. The SMILES string of the molecule is NCc1ccc(CNC(=O)[C@@H](CNC(=O)[C@H](CNCC(=O)O)C2CCCCC2)c2ccccc2)cc1. The topological polar surface area (TPSA) is 134 Å². The Morgan fingerprint density at radius 2 is 1.53 bits per heavy atom. The average Bonchev–Trinajstić information content (AvgIpc) is 2.91. The van der Waals surface area contributed by atoms with Gasteiger partial charge in [-0.05, 0) is 35.4 Å². The Morgan fingerprint density at radius 3 is 2.17 bits per heavy atom. The number of carboxylic acid groups (broad SMARTS) is 1. The van der Waals surface area contributed by atoms with Crippen LogP contribution in [0.5, 0.6) is 0 Å². The van der Waals surface area contributed by atoms with Crippen molar-refractivity contribution in [2.45, 2.75) is 51.1 Å². The lowest BCUT2D eigenvalue weighted by Crippen LogP contribution is -2.45. The van der Waals surface area contributed by atoms with Crippen LogP contribution in [0.3, 0.4) is 0 Å². The van der Waals surface area contributed by atoms with Crippen molar-refractivity contribution in [3.8, 4) is 0 Å². The van der Waals surface area contributed by atoms with Gasteiger partial charge in [0.15, 0.2) is 0 Å². The summed E-state index contributed by atoms with van der Waals surface area (Å²) in [5.41, 5.74) is 8.48. The van der Waals surface area contributed by atoms with Gasteiger partial charge in [0.25, 0.3) is 0 Å². The van der Waals surface area contributed by atoms with Crippen molar-refractivity contribution in [3.63, 3.8) is 0 Å². The molecule has 2 aromatic carbocycles.